The van der Waals surface area contributed by atoms with E-state index in [1.54, 1.807) is 0 Å². The molecule has 13 heteroatoms. The largest absolute Gasteiger partial charge is 0.461 e. The molecule has 0 radical (unpaired) electrons. The van der Waals surface area contributed by atoms with Gasteiger partial charge in [-0.15, -0.1) is 0 Å². The summed E-state index contributed by atoms with van der Waals surface area (Å²) in [5, 5.41) is 2.66. The zero-order chi connectivity index (χ0) is 39.5. The van der Waals surface area contributed by atoms with E-state index in [0.717, 1.165) is 45.1 Å². The molecule has 2 bridgehead atoms. The fourth-order valence-corrected chi connectivity index (χ4v) is 14.7. The Labute approximate surface area is 335 Å². The number of fused-ring (bicyclic) bond motifs is 4. The molecule has 10 nitrogen and oxygen atoms in total. The summed E-state index contributed by atoms with van der Waals surface area (Å²) in [4.78, 5) is 33.5. The number of amides is 1. The third-order valence-electron chi connectivity index (χ3n) is 12.4. The Morgan fingerprint density at radius 1 is 0.929 bits per heavy atom. The highest BCUT2D eigenvalue weighted by Gasteiger charge is 2.54. The zero-order valence-electron chi connectivity index (χ0n) is 33.4. The second-order valence-electron chi connectivity index (χ2n) is 18.1. The Morgan fingerprint density at radius 3 is 2.18 bits per heavy atom. The molecule has 2 unspecified atom stereocenters. The van der Waals surface area contributed by atoms with Crippen LogP contribution in [0.25, 0.3) is 10.9 Å². The van der Waals surface area contributed by atoms with Gasteiger partial charge in [0.05, 0.1) is 29.6 Å². The zero-order valence-corrected chi connectivity index (χ0v) is 35.2. The lowest BCUT2D eigenvalue weighted by atomic mass is 9.95. The van der Waals surface area contributed by atoms with Crippen molar-refractivity contribution in [3.63, 3.8) is 0 Å². The predicted octanol–water partition coefficient (Wildman–Crippen LogP) is 7.36. The predicted molar refractivity (Wildman–Crippen MR) is 220 cm³/mol. The van der Waals surface area contributed by atoms with Crippen molar-refractivity contribution in [3.05, 3.63) is 77.8 Å². The summed E-state index contributed by atoms with van der Waals surface area (Å²) in [6.45, 7) is 15.6. The highest BCUT2D eigenvalue weighted by molar-refractivity contribution is 6.99. The van der Waals surface area contributed by atoms with Crippen LogP contribution in [0.15, 0.2) is 66.9 Å². The standard InChI is InChI=1S/C43H54ClFN6O4Si/c1-41(2,3)55-40(52)51-29-18-19-30(51)26-49(25-29)38-34-24-46-37(44)35(45)36(34)47-39(48-38)53-28-43-21-13-23-50(43)31(20-22-43)27-54-56(42(4,5)6,32-14-9-7-10-15-32)33-16-11-8-12-17-33/h7-12,14-17,24,29-31H,13,18-23,25-28H2,1-6H3/t29?,30?,31-,43-/m0/s1. The van der Waals surface area contributed by atoms with E-state index in [1.807, 2.05) is 25.7 Å². The number of aromatic nitrogens is 3. The van der Waals surface area contributed by atoms with Crippen molar-refractivity contribution in [2.24, 2.45) is 0 Å². The maximum atomic E-state index is 15.7. The van der Waals surface area contributed by atoms with Crippen LogP contribution in [-0.2, 0) is 9.16 Å². The maximum Gasteiger partial charge on any atom is 0.410 e. The van der Waals surface area contributed by atoms with Crippen molar-refractivity contribution in [1.82, 2.24) is 24.8 Å². The van der Waals surface area contributed by atoms with Gasteiger partial charge in [-0.1, -0.05) is 93.0 Å². The van der Waals surface area contributed by atoms with Gasteiger partial charge in [0.2, 0.25) is 0 Å². The molecule has 4 aliphatic heterocycles. The number of hydrogen-bond donors (Lipinski definition) is 0. The Morgan fingerprint density at radius 2 is 1.57 bits per heavy atom. The number of benzene rings is 2. The molecule has 6 heterocycles. The summed E-state index contributed by atoms with van der Waals surface area (Å²) in [7, 11) is -2.70. The van der Waals surface area contributed by atoms with Crippen LogP contribution in [0.3, 0.4) is 0 Å². The van der Waals surface area contributed by atoms with Gasteiger partial charge in [-0.3, -0.25) is 9.80 Å². The highest BCUT2D eigenvalue weighted by atomic mass is 35.5. The van der Waals surface area contributed by atoms with E-state index in [-0.39, 0.29) is 51.5 Å². The first kappa shape index (κ1) is 39.0. The lowest BCUT2D eigenvalue weighted by Crippen LogP contribution is -2.67. The number of piperazine rings is 1. The molecule has 0 spiro atoms. The van der Waals surface area contributed by atoms with E-state index in [4.69, 9.17) is 30.5 Å². The van der Waals surface area contributed by atoms with E-state index < -0.39 is 19.7 Å². The van der Waals surface area contributed by atoms with Gasteiger partial charge in [-0.2, -0.15) is 9.97 Å². The molecule has 8 rings (SSSR count). The molecule has 1 amide bonds. The minimum atomic E-state index is -2.70. The first-order chi connectivity index (χ1) is 26.7. The van der Waals surface area contributed by atoms with Crippen LogP contribution in [0.4, 0.5) is 15.0 Å². The Bertz CT molecular complexity index is 2010. The Balaban J connectivity index is 1.04. The molecular formula is C43H54ClFN6O4Si. The number of nitrogens with zero attached hydrogens (tertiary/aromatic N) is 6. The third-order valence-corrected chi connectivity index (χ3v) is 17.7. The molecule has 56 heavy (non-hydrogen) atoms. The average Bonchev–Trinajstić information content (AvgIpc) is 3.81. The van der Waals surface area contributed by atoms with E-state index in [0.29, 0.717) is 37.5 Å². The quantitative estimate of drug-likeness (QED) is 0.127. The molecule has 4 aliphatic rings. The number of pyridine rings is 1. The number of rotatable bonds is 9. The summed E-state index contributed by atoms with van der Waals surface area (Å²) in [5.74, 6) is -0.160. The molecule has 0 N–H and O–H groups in total. The van der Waals surface area contributed by atoms with Gasteiger partial charge in [-0.05, 0) is 81.3 Å². The van der Waals surface area contributed by atoms with Crippen LogP contribution < -0.4 is 20.0 Å². The highest BCUT2D eigenvalue weighted by Crippen LogP contribution is 2.45. The van der Waals surface area contributed by atoms with Crippen LogP contribution in [0.5, 0.6) is 6.01 Å². The number of carbonyl (C=O) groups is 1. The first-order valence-corrected chi connectivity index (χ1v) is 22.4. The molecule has 4 atom stereocenters. The second-order valence-corrected chi connectivity index (χ2v) is 22.8. The van der Waals surface area contributed by atoms with Gasteiger partial charge in [0.1, 0.15) is 23.5 Å². The van der Waals surface area contributed by atoms with E-state index in [2.05, 4.69) is 101 Å². The minimum absolute atomic E-state index is 0.0597. The summed E-state index contributed by atoms with van der Waals surface area (Å²) in [5.41, 5.74) is -0.713. The Hall–Kier alpha value is -3.84. The third kappa shape index (κ3) is 7.05. The molecule has 0 saturated carbocycles. The maximum absolute atomic E-state index is 15.7. The average molecular weight is 801 g/mol. The van der Waals surface area contributed by atoms with Gasteiger partial charge < -0.3 is 18.8 Å². The second kappa shape index (κ2) is 14.8. The number of carbonyl (C=O) groups excluding carboxylic acids is 1. The molecular weight excluding hydrogens is 747 g/mol. The first-order valence-electron chi connectivity index (χ1n) is 20.1. The number of anilines is 1. The van der Waals surface area contributed by atoms with Crippen LogP contribution >= 0.6 is 11.6 Å². The molecule has 2 aromatic heterocycles. The monoisotopic (exact) mass is 800 g/mol. The van der Waals surface area contributed by atoms with Gasteiger partial charge in [-0.25, -0.2) is 14.2 Å². The summed E-state index contributed by atoms with van der Waals surface area (Å²) < 4.78 is 35.4. The van der Waals surface area contributed by atoms with Crippen molar-refractivity contribution in [2.75, 3.05) is 37.7 Å². The lowest BCUT2D eigenvalue weighted by Gasteiger charge is -2.44. The van der Waals surface area contributed by atoms with E-state index in [1.165, 1.54) is 16.6 Å². The van der Waals surface area contributed by atoms with Crippen LogP contribution in [0.1, 0.15) is 80.1 Å². The topological polar surface area (TPSA) is 93.2 Å². The van der Waals surface area contributed by atoms with Gasteiger partial charge in [0.15, 0.2) is 11.0 Å². The van der Waals surface area contributed by atoms with E-state index >= 15 is 4.39 Å². The minimum Gasteiger partial charge on any atom is -0.461 e. The van der Waals surface area contributed by atoms with Crippen LogP contribution in [0.2, 0.25) is 10.2 Å². The fourth-order valence-electron chi connectivity index (χ4n) is 9.96. The Kier molecular flexibility index (Phi) is 10.3. The molecule has 4 saturated heterocycles. The van der Waals surface area contributed by atoms with Crippen molar-refractivity contribution in [2.45, 2.75) is 114 Å². The van der Waals surface area contributed by atoms with Crippen LogP contribution in [0, 0.1) is 5.82 Å². The van der Waals surface area contributed by atoms with Crippen molar-refractivity contribution in [3.8, 4) is 6.01 Å². The molecule has 0 aliphatic carbocycles. The van der Waals surface area contributed by atoms with Gasteiger partial charge in [0.25, 0.3) is 8.32 Å². The molecule has 4 fully saturated rings. The molecule has 4 aromatic rings. The number of ether oxygens (including phenoxy) is 2. The van der Waals surface area contributed by atoms with Crippen molar-refractivity contribution in [1.29, 1.82) is 0 Å². The SMILES string of the molecule is CC(C)(C)OC(=O)N1C2CCC1CN(c1nc(OC[C@@]34CCCN3[C@H](CO[Si](c3ccccc3)(c3ccccc3)C(C)(C)C)CC4)nc3c(F)c(Cl)ncc13)C2. The van der Waals surface area contributed by atoms with Gasteiger partial charge in [0, 0.05) is 25.3 Å². The summed E-state index contributed by atoms with van der Waals surface area (Å²) in [6.07, 6.45) is 6.94. The summed E-state index contributed by atoms with van der Waals surface area (Å²) in [6, 6.07) is 21.8. The lowest BCUT2D eigenvalue weighted by molar-refractivity contribution is 0.0122. The number of hydrogen-bond acceptors (Lipinski definition) is 9. The van der Waals surface area contributed by atoms with E-state index in [9.17, 15) is 4.79 Å². The van der Waals surface area contributed by atoms with Crippen LogP contribution in [-0.4, -0.2) is 101 Å². The van der Waals surface area contributed by atoms with Crippen molar-refractivity contribution >= 4 is 53.1 Å². The summed E-state index contributed by atoms with van der Waals surface area (Å²) >= 11 is 6.20. The normalized spacial score (nSPS) is 24.2. The van der Waals surface area contributed by atoms with Gasteiger partial charge >= 0.3 is 12.1 Å². The van der Waals surface area contributed by atoms with Crippen molar-refractivity contribution < 1.29 is 23.1 Å². The molecule has 2 aromatic carbocycles. The smallest absolute Gasteiger partial charge is 0.410 e. The number of halogens is 2. The fraction of sp³-hybridized carbons (Fsp3) is 0.535. The molecule has 298 valence electrons.